The van der Waals surface area contributed by atoms with Crippen LogP contribution in [0.4, 0.5) is 5.69 Å². The van der Waals surface area contributed by atoms with E-state index in [1.807, 2.05) is 10.9 Å². The van der Waals surface area contributed by atoms with Gasteiger partial charge in [-0.1, -0.05) is 6.92 Å². The molecule has 0 spiro atoms. The molecule has 2 heterocycles. The van der Waals surface area contributed by atoms with E-state index >= 15 is 0 Å². The van der Waals surface area contributed by atoms with Gasteiger partial charge in [-0.3, -0.25) is 4.68 Å². The van der Waals surface area contributed by atoms with Gasteiger partial charge in [0.2, 0.25) is 0 Å². The summed E-state index contributed by atoms with van der Waals surface area (Å²) in [5.74, 6) is 0. The van der Waals surface area contributed by atoms with Crippen molar-refractivity contribution in [3.63, 3.8) is 0 Å². The van der Waals surface area contributed by atoms with Crippen molar-refractivity contribution < 1.29 is 0 Å². The maximum Gasteiger partial charge on any atom is 0.0728 e. The molecule has 0 bridgehead atoms. The van der Waals surface area contributed by atoms with Crippen molar-refractivity contribution in [1.29, 1.82) is 0 Å². The maximum absolute atomic E-state index is 4.29. The number of nitrogens with one attached hydrogen (secondary N) is 1. The van der Waals surface area contributed by atoms with Gasteiger partial charge in [0.1, 0.15) is 0 Å². The molecule has 17 heavy (non-hydrogen) atoms. The number of hydrogen-bond acceptors (Lipinski definition) is 3. The minimum atomic E-state index is 0.623. The maximum atomic E-state index is 4.29. The number of likely N-dealkylation sites (tertiary alicyclic amines) is 1. The third-order valence-corrected chi connectivity index (χ3v) is 3.46. The first-order valence-corrected chi connectivity index (χ1v) is 6.83. The van der Waals surface area contributed by atoms with E-state index < -0.39 is 0 Å². The van der Waals surface area contributed by atoms with E-state index in [1.165, 1.54) is 44.6 Å². The van der Waals surface area contributed by atoms with Crippen LogP contribution in [0.1, 0.15) is 33.1 Å². The zero-order valence-corrected chi connectivity index (χ0v) is 11.0. The second kappa shape index (κ2) is 6.05. The molecule has 2 rings (SSSR count). The largest absolute Gasteiger partial charge is 0.380 e. The fraction of sp³-hybridized carbons (Fsp3) is 0.769. The molecule has 1 fully saturated rings. The van der Waals surface area contributed by atoms with Gasteiger partial charge in [-0.25, -0.2) is 0 Å². The quantitative estimate of drug-likeness (QED) is 0.850. The molecule has 1 N–H and O–H groups in total. The van der Waals surface area contributed by atoms with Crippen LogP contribution in [0.25, 0.3) is 0 Å². The van der Waals surface area contributed by atoms with E-state index in [1.54, 1.807) is 0 Å². The average Bonchev–Trinajstić information content (AvgIpc) is 2.80. The van der Waals surface area contributed by atoms with E-state index in [4.69, 9.17) is 0 Å². The third kappa shape index (κ3) is 3.46. The second-order valence-electron chi connectivity index (χ2n) is 4.84. The normalized spacial score (nSPS) is 18.5. The summed E-state index contributed by atoms with van der Waals surface area (Å²) in [6, 6.07) is 0.623. The van der Waals surface area contributed by atoms with Gasteiger partial charge in [0.15, 0.2) is 0 Å². The molecule has 0 aromatic carbocycles. The highest BCUT2D eigenvalue weighted by atomic mass is 15.3. The molecule has 0 aliphatic carbocycles. The number of hydrogen-bond donors (Lipinski definition) is 1. The molecule has 4 heteroatoms. The Morgan fingerprint density at radius 3 is 2.71 bits per heavy atom. The lowest BCUT2D eigenvalue weighted by molar-refractivity contribution is 0.219. The van der Waals surface area contributed by atoms with Gasteiger partial charge in [-0.15, -0.1) is 0 Å². The molecule has 1 aromatic heterocycles. The Labute approximate surface area is 104 Å². The molecule has 1 aliphatic rings. The lowest BCUT2D eigenvalue weighted by Gasteiger charge is -2.32. The standard InChI is InChI=1S/C13H24N4/c1-3-7-16-8-5-12(6-9-16)15-13-10-14-17(4-2)11-13/h10-12,15H,3-9H2,1-2H3. The van der Waals surface area contributed by atoms with Crippen molar-refractivity contribution in [2.24, 2.45) is 0 Å². The Morgan fingerprint density at radius 1 is 1.35 bits per heavy atom. The Balaban J connectivity index is 1.77. The summed E-state index contributed by atoms with van der Waals surface area (Å²) in [4.78, 5) is 2.56. The monoisotopic (exact) mass is 236 g/mol. The summed E-state index contributed by atoms with van der Waals surface area (Å²) in [6.07, 6.45) is 7.79. The highest BCUT2D eigenvalue weighted by Gasteiger charge is 2.18. The van der Waals surface area contributed by atoms with Gasteiger partial charge >= 0.3 is 0 Å². The molecule has 0 atom stereocenters. The topological polar surface area (TPSA) is 33.1 Å². The molecule has 1 aliphatic heterocycles. The van der Waals surface area contributed by atoms with Crippen LogP contribution in [0.5, 0.6) is 0 Å². The van der Waals surface area contributed by atoms with Crippen molar-refractivity contribution >= 4 is 5.69 Å². The molecule has 0 radical (unpaired) electrons. The zero-order chi connectivity index (χ0) is 12.1. The molecule has 1 aromatic rings. The minimum absolute atomic E-state index is 0.623. The zero-order valence-electron chi connectivity index (χ0n) is 11.0. The smallest absolute Gasteiger partial charge is 0.0728 e. The van der Waals surface area contributed by atoms with Crippen LogP contribution in [-0.2, 0) is 6.54 Å². The molecule has 4 nitrogen and oxygen atoms in total. The number of aryl methyl sites for hydroxylation is 1. The SMILES string of the molecule is CCCN1CCC(Nc2cnn(CC)c2)CC1. The summed E-state index contributed by atoms with van der Waals surface area (Å²) in [6.45, 7) is 9.02. The lowest BCUT2D eigenvalue weighted by atomic mass is 10.0. The molecular formula is C13H24N4. The summed E-state index contributed by atoms with van der Waals surface area (Å²) >= 11 is 0. The number of aromatic nitrogens is 2. The first-order valence-electron chi connectivity index (χ1n) is 6.83. The van der Waals surface area contributed by atoms with Crippen molar-refractivity contribution in [2.75, 3.05) is 25.0 Å². The lowest BCUT2D eigenvalue weighted by Crippen LogP contribution is -2.39. The van der Waals surface area contributed by atoms with E-state index in [9.17, 15) is 0 Å². The van der Waals surface area contributed by atoms with Crippen molar-refractivity contribution in [3.05, 3.63) is 12.4 Å². The van der Waals surface area contributed by atoms with E-state index in [-0.39, 0.29) is 0 Å². The average molecular weight is 236 g/mol. The van der Waals surface area contributed by atoms with Gasteiger partial charge < -0.3 is 10.2 Å². The number of anilines is 1. The predicted octanol–water partition coefficient (Wildman–Crippen LogP) is 2.19. The number of piperidine rings is 1. The Kier molecular flexibility index (Phi) is 4.42. The van der Waals surface area contributed by atoms with Crippen LogP contribution < -0.4 is 5.32 Å². The Hall–Kier alpha value is -1.03. The van der Waals surface area contributed by atoms with Gasteiger partial charge in [-0.05, 0) is 32.7 Å². The second-order valence-corrected chi connectivity index (χ2v) is 4.84. The molecule has 0 saturated carbocycles. The fourth-order valence-corrected chi connectivity index (χ4v) is 2.46. The van der Waals surface area contributed by atoms with Gasteiger partial charge in [-0.2, -0.15) is 5.10 Å². The van der Waals surface area contributed by atoms with Crippen LogP contribution in [0.2, 0.25) is 0 Å². The van der Waals surface area contributed by atoms with Crippen molar-refractivity contribution in [1.82, 2.24) is 14.7 Å². The molecule has 0 unspecified atom stereocenters. The first kappa shape index (κ1) is 12.4. The predicted molar refractivity (Wildman–Crippen MR) is 71.3 cm³/mol. The summed E-state index contributed by atoms with van der Waals surface area (Å²) in [5, 5.41) is 7.88. The molecule has 96 valence electrons. The highest BCUT2D eigenvalue weighted by molar-refractivity contribution is 5.39. The van der Waals surface area contributed by atoms with Crippen molar-refractivity contribution in [2.45, 2.75) is 45.7 Å². The number of rotatable bonds is 5. The van der Waals surface area contributed by atoms with Crippen LogP contribution >= 0.6 is 0 Å². The van der Waals surface area contributed by atoms with E-state index in [0.29, 0.717) is 6.04 Å². The molecule has 0 amide bonds. The van der Waals surface area contributed by atoms with Crippen LogP contribution in [-0.4, -0.2) is 40.4 Å². The highest BCUT2D eigenvalue weighted by Crippen LogP contribution is 2.16. The van der Waals surface area contributed by atoms with Crippen molar-refractivity contribution in [3.8, 4) is 0 Å². The third-order valence-electron chi connectivity index (χ3n) is 3.46. The summed E-state index contributed by atoms with van der Waals surface area (Å²) in [5.41, 5.74) is 1.17. The van der Waals surface area contributed by atoms with Crippen LogP contribution in [0, 0.1) is 0 Å². The summed E-state index contributed by atoms with van der Waals surface area (Å²) < 4.78 is 1.97. The van der Waals surface area contributed by atoms with Gasteiger partial charge in [0, 0.05) is 31.9 Å². The van der Waals surface area contributed by atoms with E-state index in [2.05, 4.69) is 35.4 Å². The fourth-order valence-electron chi connectivity index (χ4n) is 2.46. The minimum Gasteiger partial charge on any atom is -0.380 e. The first-order chi connectivity index (χ1) is 8.31. The Bertz CT molecular complexity index is 326. The molecular weight excluding hydrogens is 212 g/mol. The Morgan fingerprint density at radius 2 is 2.12 bits per heavy atom. The van der Waals surface area contributed by atoms with E-state index in [0.717, 1.165) is 6.54 Å². The number of nitrogens with zero attached hydrogens (tertiary/aromatic N) is 3. The van der Waals surface area contributed by atoms with Gasteiger partial charge in [0.05, 0.1) is 11.9 Å². The van der Waals surface area contributed by atoms with Crippen LogP contribution in [0.3, 0.4) is 0 Å². The molecule has 1 saturated heterocycles. The van der Waals surface area contributed by atoms with Gasteiger partial charge in [0.25, 0.3) is 0 Å². The summed E-state index contributed by atoms with van der Waals surface area (Å²) in [7, 11) is 0. The van der Waals surface area contributed by atoms with Crippen LogP contribution in [0.15, 0.2) is 12.4 Å².